The van der Waals surface area contributed by atoms with Gasteiger partial charge in [-0.2, -0.15) is 0 Å². The molecule has 3 aromatic carbocycles. The highest BCUT2D eigenvalue weighted by Gasteiger charge is 2.29. The quantitative estimate of drug-likeness (QED) is 0.634. The third-order valence-corrected chi connectivity index (χ3v) is 5.78. The highest BCUT2D eigenvalue weighted by molar-refractivity contribution is 5.37. The minimum Gasteiger partial charge on any atom is -0.496 e. The molecule has 144 valence electrons. The average molecular weight is 375 g/mol. The third-order valence-electron chi connectivity index (χ3n) is 5.78. The van der Waals surface area contributed by atoms with Crippen molar-refractivity contribution in [2.45, 2.75) is 37.8 Å². The number of hydrogen-bond acceptors (Lipinski definition) is 2. The zero-order valence-electron chi connectivity index (χ0n) is 16.2. The normalized spacial score (nSPS) is 18.5. The molecule has 3 aromatic rings. The number of methoxy groups -OCH3 is 1. The highest BCUT2D eigenvalue weighted by atomic mass is 19.1. The largest absolute Gasteiger partial charge is 0.496 e. The fraction of sp³-hybridized carbons (Fsp3) is 0.280. The van der Waals surface area contributed by atoms with Crippen molar-refractivity contribution in [2.75, 3.05) is 7.11 Å². The molecular formula is C25H26FNO. The summed E-state index contributed by atoms with van der Waals surface area (Å²) in [5.41, 5.74) is 5.19. The number of para-hydroxylation sites is 1. The molecule has 3 heteroatoms. The number of aryl methyl sites for hydroxylation is 1. The second kappa shape index (κ2) is 8.57. The Balaban J connectivity index is 1.57. The summed E-state index contributed by atoms with van der Waals surface area (Å²) in [6, 6.07) is 24.2. The molecule has 0 saturated carbocycles. The fourth-order valence-electron chi connectivity index (χ4n) is 4.31. The van der Waals surface area contributed by atoms with E-state index in [4.69, 9.17) is 4.74 Å². The lowest BCUT2D eigenvalue weighted by atomic mass is 9.76. The van der Waals surface area contributed by atoms with E-state index in [-0.39, 0.29) is 5.82 Å². The van der Waals surface area contributed by atoms with Crippen molar-refractivity contribution in [2.24, 2.45) is 0 Å². The second-order valence-electron chi connectivity index (χ2n) is 7.47. The van der Waals surface area contributed by atoms with Crippen LogP contribution in [0.2, 0.25) is 0 Å². The predicted molar refractivity (Wildman–Crippen MR) is 111 cm³/mol. The maximum absolute atomic E-state index is 13.3. The first kappa shape index (κ1) is 18.7. The summed E-state index contributed by atoms with van der Waals surface area (Å²) in [5.74, 6) is 1.10. The molecule has 0 spiro atoms. The van der Waals surface area contributed by atoms with Crippen LogP contribution in [-0.2, 0) is 19.4 Å². The van der Waals surface area contributed by atoms with Crippen molar-refractivity contribution in [1.82, 2.24) is 5.32 Å². The highest BCUT2D eigenvalue weighted by Crippen LogP contribution is 2.35. The molecule has 0 fully saturated rings. The lowest BCUT2D eigenvalue weighted by Gasteiger charge is -2.35. The van der Waals surface area contributed by atoms with Gasteiger partial charge in [0.25, 0.3) is 0 Å². The van der Waals surface area contributed by atoms with Gasteiger partial charge in [-0.05, 0) is 54.2 Å². The number of ether oxygens (including phenoxy) is 1. The van der Waals surface area contributed by atoms with Crippen molar-refractivity contribution in [3.05, 3.63) is 101 Å². The lowest BCUT2D eigenvalue weighted by molar-refractivity contribution is 0.373. The number of benzene rings is 3. The molecule has 0 amide bonds. The summed E-state index contributed by atoms with van der Waals surface area (Å²) < 4.78 is 18.8. The van der Waals surface area contributed by atoms with Gasteiger partial charge >= 0.3 is 0 Å². The lowest BCUT2D eigenvalue weighted by Crippen LogP contribution is -2.39. The zero-order chi connectivity index (χ0) is 19.3. The van der Waals surface area contributed by atoms with Crippen LogP contribution in [0.3, 0.4) is 0 Å². The van der Waals surface area contributed by atoms with E-state index in [0.29, 0.717) is 12.0 Å². The molecule has 0 unspecified atom stereocenters. The first-order chi connectivity index (χ1) is 13.7. The van der Waals surface area contributed by atoms with Gasteiger partial charge in [-0.15, -0.1) is 0 Å². The van der Waals surface area contributed by atoms with Crippen molar-refractivity contribution in [3.8, 4) is 5.75 Å². The van der Waals surface area contributed by atoms with Gasteiger partial charge < -0.3 is 10.1 Å². The average Bonchev–Trinajstić information content (AvgIpc) is 2.75. The Kier molecular flexibility index (Phi) is 5.73. The van der Waals surface area contributed by atoms with Crippen molar-refractivity contribution < 1.29 is 9.13 Å². The van der Waals surface area contributed by atoms with E-state index < -0.39 is 0 Å². The van der Waals surface area contributed by atoms with Gasteiger partial charge in [0.1, 0.15) is 11.6 Å². The van der Waals surface area contributed by atoms with Gasteiger partial charge in [0.2, 0.25) is 0 Å². The summed E-state index contributed by atoms with van der Waals surface area (Å²) in [7, 11) is 1.72. The van der Waals surface area contributed by atoms with E-state index in [1.54, 1.807) is 19.2 Å². The molecule has 2 nitrogen and oxygen atoms in total. The van der Waals surface area contributed by atoms with Gasteiger partial charge in [0.05, 0.1) is 7.11 Å². The second-order valence-corrected chi connectivity index (χ2v) is 7.47. The van der Waals surface area contributed by atoms with Gasteiger partial charge in [-0.1, -0.05) is 54.6 Å². The molecule has 1 N–H and O–H groups in total. The Hall–Kier alpha value is -2.65. The van der Waals surface area contributed by atoms with Crippen molar-refractivity contribution in [3.63, 3.8) is 0 Å². The van der Waals surface area contributed by atoms with Crippen LogP contribution in [0.25, 0.3) is 0 Å². The first-order valence-corrected chi connectivity index (χ1v) is 9.92. The maximum Gasteiger partial charge on any atom is 0.123 e. The Morgan fingerprint density at radius 3 is 2.54 bits per heavy atom. The summed E-state index contributed by atoms with van der Waals surface area (Å²) in [6.45, 7) is 0.775. The minimum atomic E-state index is -0.182. The molecular weight excluding hydrogens is 349 g/mol. The number of fused-ring (bicyclic) bond motifs is 1. The fourth-order valence-corrected chi connectivity index (χ4v) is 4.31. The monoisotopic (exact) mass is 375 g/mol. The van der Waals surface area contributed by atoms with E-state index in [1.165, 1.54) is 22.3 Å². The summed E-state index contributed by atoms with van der Waals surface area (Å²) in [6.07, 6.45) is 3.08. The Labute approximate surface area is 166 Å². The van der Waals surface area contributed by atoms with Crippen LogP contribution in [0, 0.1) is 5.82 Å². The van der Waals surface area contributed by atoms with Crippen LogP contribution in [0.1, 0.15) is 34.6 Å². The standard InChI is InChI=1S/C25H26FNO/c1-28-25-9-5-3-7-20(25)17-27-24-15-12-19-6-2-4-8-22(19)23(24)16-18-10-13-21(26)14-11-18/h2-11,13-14,23-24,27H,12,15-17H2,1H3/t23-,24+/m0/s1. The number of nitrogens with one attached hydrogen (secondary N) is 1. The molecule has 0 radical (unpaired) electrons. The molecule has 2 atom stereocenters. The van der Waals surface area contributed by atoms with E-state index in [2.05, 4.69) is 35.6 Å². The smallest absolute Gasteiger partial charge is 0.123 e. The van der Waals surface area contributed by atoms with Crippen LogP contribution in [0.15, 0.2) is 72.8 Å². The molecule has 4 rings (SSSR count). The zero-order valence-corrected chi connectivity index (χ0v) is 16.2. The molecule has 0 aliphatic heterocycles. The summed E-state index contributed by atoms with van der Waals surface area (Å²) in [4.78, 5) is 0. The van der Waals surface area contributed by atoms with E-state index in [9.17, 15) is 4.39 Å². The number of rotatable bonds is 6. The minimum absolute atomic E-state index is 0.182. The van der Waals surface area contributed by atoms with Crippen LogP contribution >= 0.6 is 0 Å². The van der Waals surface area contributed by atoms with Gasteiger partial charge in [0.15, 0.2) is 0 Å². The summed E-state index contributed by atoms with van der Waals surface area (Å²) >= 11 is 0. The number of halogens is 1. The first-order valence-electron chi connectivity index (χ1n) is 9.92. The van der Waals surface area contributed by atoms with Crippen molar-refractivity contribution in [1.29, 1.82) is 0 Å². The molecule has 0 heterocycles. The van der Waals surface area contributed by atoms with Crippen LogP contribution in [-0.4, -0.2) is 13.2 Å². The van der Waals surface area contributed by atoms with Gasteiger partial charge in [0, 0.05) is 24.1 Å². The van der Waals surface area contributed by atoms with Crippen LogP contribution < -0.4 is 10.1 Å². The molecule has 0 saturated heterocycles. The van der Waals surface area contributed by atoms with Crippen molar-refractivity contribution >= 4 is 0 Å². The van der Waals surface area contributed by atoms with E-state index in [1.807, 2.05) is 30.3 Å². The number of hydrogen-bond donors (Lipinski definition) is 1. The Morgan fingerprint density at radius 1 is 0.964 bits per heavy atom. The van der Waals surface area contributed by atoms with Crippen LogP contribution in [0.4, 0.5) is 4.39 Å². The van der Waals surface area contributed by atoms with Crippen LogP contribution in [0.5, 0.6) is 5.75 Å². The molecule has 0 aromatic heterocycles. The predicted octanol–water partition coefficient (Wildman–Crippen LogP) is 5.27. The molecule has 0 bridgehead atoms. The maximum atomic E-state index is 13.3. The molecule has 1 aliphatic rings. The van der Waals surface area contributed by atoms with E-state index >= 15 is 0 Å². The topological polar surface area (TPSA) is 21.3 Å². The molecule has 28 heavy (non-hydrogen) atoms. The molecule has 1 aliphatic carbocycles. The SMILES string of the molecule is COc1ccccc1CN[C@@H]1CCc2ccccc2[C@@H]1Cc1ccc(F)cc1. The van der Waals surface area contributed by atoms with Gasteiger partial charge in [-0.25, -0.2) is 4.39 Å². The third kappa shape index (κ3) is 4.10. The van der Waals surface area contributed by atoms with Gasteiger partial charge in [-0.3, -0.25) is 0 Å². The Bertz CT molecular complexity index is 922. The van der Waals surface area contributed by atoms with E-state index in [0.717, 1.165) is 31.6 Å². The Morgan fingerprint density at radius 2 is 1.71 bits per heavy atom. The summed E-state index contributed by atoms with van der Waals surface area (Å²) in [5, 5.41) is 3.78.